The van der Waals surface area contributed by atoms with Gasteiger partial charge < -0.3 is 19.5 Å². The van der Waals surface area contributed by atoms with Crippen LogP contribution in [-0.4, -0.2) is 30.9 Å². The average molecular weight is 252 g/mol. The van der Waals surface area contributed by atoms with E-state index in [0.29, 0.717) is 24.4 Å². The Bertz CT molecular complexity index is 355. The van der Waals surface area contributed by atoms with Crippen molar-refractivity contribution >= 4 is 12.6 Å². The molecule has 0 aromatic heterocycles. The Hall–Kier alpha value is -1.04. The fourth-order valence-electron chi connectivity index (χ4n) is 1.71. The zero-order valence-electron chi connectivity index (χ0n) is 11.1. The summed E-state index contributed by atoms with van der Waals surface area (Å²) in [5, 5.41) is 18.3. The minimum Gasteiger partial charge on any atom is -0.496 e. The fraction of sp³-hybridized carbons (Fsp3) is 0.538. The summed E-state index contributed by atoms with van der Waals surface area (Å²) in [6.45, 7) is 3.28. The molecule has 0 saturated heterocycles. The first-order valence-corrected chi connectivity index (χ1v) is 6.29. The lowest BCUT2D eigenvalue weighted by Crippen LogP contribution is -2.30. The number of hydrogen-bond donors (Lipinski definition) is 2. The van der Waals surface area contributed by atoms with E-state index < -0.39 is 7.12 Å². The highest BCUT2D eigenvalue weighted by atomic mass is 16.5. The molecular formula is C13H21BO4. The second-order valence-corrected chi connectivity index (χ2v) is 4.20. The van der Waals surface area contributed by atoms with Crippen molar-refractivity contribution in [3.63, 3.8) is 0 Å². The van der Waals surface area contributed by atoms with Crippen molar-refractivity contribution < 1.29 is 19.5 Å². The molecule has 0 heterocycles. The average Bonchev–Trinajstić information content (AvgIpc) is 2.38. The molecule has 0 unspecified atom stereocenters. The molecule has 0 spiro atoms. The molecule has 100 valence electrons. The lowest BCUT2D eigenvalue weighted by Gasteiger charge is -2.11. The Morgan fingerprint density at radius 3 is 2.61 bits per heavy atom. The molecule has 1 rings (SSSR count). The summed E-state index contributed by atoms with van der Waals surface area (Å²) in [7, 11) is 0.125. The van der Waals surface area contributed by atoms with Crippen LogP contribution in [0.15, 0.2) is 18.2 Å². The van der Waals surface area contributed by atoms with Crippen LogP contribution in [0.25, 0.3) is 0 Å². The molecule has 5 heteroatoms. The molecule has 1 aromatic carbocycles. The van der Waals surface area contributed by atoms with Crippen molar-refractivity contribution in [3.8, 4) is 5.75 Å². The van der Waals surface area contributed by atoms with E-state index in [1.165, 1.54) is 6.42 Å². The molecule has 0 saturated carbocycles. The minimum atomic E-state index is -1.46. The maximum absolute atomic E-state index is 9.13. The molecule has 2 N–H and O–H groups in total. The summed E-state index contributed by atoms with van der Waals surface area (Å²) in [6, 6.07) is 5.05. The predicted octanol–water partition coefficient (Wildman–Crippen LogP) is 1.08. The number of methoxy groups -OCH3 is 1. The number of ether oxygens (including phenoxy) is 2. The van der Waals surface area contributed by atoms with Crippen LogP contribution in [0.2, 0.25) is 0 Å². The zero-order chi connectivity index (χ0) is 13.4. The summed E-state index contributed by atoms with van der Waals surface area (Å²) >= 11 is 0. The first-order valence-electron chi connectivity index (χ1n) is 6.29. The highest BCUT2D eigenvalue weighted by Crippen LogP contribution is 2.17. The lowest BCUT2D eigenvalue weighted by molar-refractivity contribution is 0.115. The van der Waals surface area contributed by atoms with Gasteiger partial charge in [-0.1, -0.05) is 31.9 Å². The first-order chi connectivity index (χ1) is 8.69. The van der Waals surface area contributed by atoms with Gasteiger partial charge in [0.1, 0.15) is 5.75 Å². The van der Waals surface area contributed by atoms with Gasteiger partial charge in [-0.05, 0) is 17.9 Å². The summed E-state index contributed by atoms with van der Waals surface area (Å²) in [4.78, 5) is 0. The lowest BCUT2D eigenvalue weighted by atomic mass is 9.79. The third-order valence-electron chi connectivity index (χ3n) is 2.75. The summed E-state index contributed by atoms with van der Waals surface area (Å²) < 4.78 is 10.8. The summed E-state index contributed by atoms with van der Waals surface area (Å²) in [5.41, 5.74) is 1.28. The highest BCUT2D eigenvalue weighted by molar-refractivity contribution is 6.58. The van der Waals surface area contributed by atoms with Gasteiger partial charge in [-0.15, -0.1) is 0 Å². The smallest absolute Gasteiger partial charge is 0.488 e. The van der Waals surface area contributed by atoms with Crippen LogP contribution in [0.5, 0.6) is 5.75 Å². The van der Waals surface area contributed by atoms with Crippen molar-refractivity contribution in [2.75, 3.05) is 13.7 Å². The van der Waals surface area contributed by atoms with Crippen LogP contribution in [-0.2, 0) is 11.3 Å². The topological polar surface area (TPSA) is 58.9 Å². The molecule has 0 aliphatic rings. The Morgan fingerprint density at radius 2 is 2.00 bits per heavy atom. The fourth-order valence-corrected chi connectivity index (χ4v) is 1.71. The van der Waals surface area contributed by atoms with Gasteiger partial charge in [0.2, 0.25) is 0 Å². The largest absolute Gasteiger partial charge is 0.496 e. The van der Waals surface area contributed by atoms with Crippen molar-refractivity contribution in [3.05, 3.63) is 23.8 Å². The van der Waals surface area contributed by atoms with Crippen molar-refractivity contribution in [2.24, 2.45) is 0 Å². The minimum absolute atomic E-state index is 0.424. The number of unbranched alkanes of at least 4 members (excludes halogenated alkanes) is 2. The van der Waals surface area contributed by atoms with E-state index in [9.17, 15) is 0 Å². The van der Waals surface area contributed by atoms with Gasteiger partial charge in [0.25, 0.3) is 0 Å². The number of rotatable bonds is 8. The molecule has 1 aromatic rings. The van der Waals surface area contributed by atoms with Gasteiger partial charge in [-0.3, -0.25) is 0 Å². The van der Waals surface area contributed by atoms with E-state index in [-0.39, 0.29) is 0 Å². The van der Waals surface area contributed by atoms with E-state index in [1.807, 2.05) is 0 Å². The van der Waals surface area contributed by atoms with Gasteiger partial charge >= 0.3 is 7.12 Å². The standard InChI is InChI=1S/C13H21BO4/c1-3-4-5-8-18-10-11-9-12(14(15)16)6-7-13(11)17-2/h6-7,9,15-16H,3-5,8,10H2,1-2H3. The Balaban J connectivity index is 2.58. The molecular weight excluding hydrogens is 231 g/mol. The molecule has 4 nitrogen and oxygen atoms in total. The van der Waals surface area contributed by atoms with Gasteiger partial charge in [-0.25, -0.2) is 0 Å². The van der Waals surface area contributed by atoms with E-state index in [4.69, 9.17) is 19.5 Å². The van der Waals surface area contributed by atoms with Crippen LogP contribution in [0.3, 0.4) is 0 Å². The third kappa shape index (κ3) is 4.68. The van der Waals surface area contributed by atoms with Crippen LogP contribution < -0.4 is 10.2 Å². The van der Waals surface area contributed by atoms with Crippen LogP contribution in [0, 0.1) is 0 Å². The quantitative estimate of drug-likeness (QED) is 0.537. The predicted molar refractivity (Wildman–Crippen MR) is 72.0 cm³/mol. The normalized spacial score (nSPS) is 10.4. The monoisotopic (exact) mass is 252 g/mol. The molecule has 0 aliphatic heterocycles. The van der Waals surface area contributed by atoms with E-state index in [0.717, 1.165) is 18.4 Å². The van der Waals surface area contributed by atoms with Crippen molar-refractivity contribution in [1.29, 1.82) is 0 Å². The molecule has 0 radical (unpaired) electrons. The Morgan fingerprint density at radius 1 is 1.22 bits per heavy atom. The highest BCUT2D eigenvalue weighted by Gasteiger charge is 2.13. The molecule has 0 atom stereocenters. The second-order valence-electron chi connectivity index (χ2n) is 4.20. The number of benzene rings is 1. The van der Waals surface area contributed by atoms with Gasteiger partial charge in [0.15, 0.2) is 0 Å². The zero-order valence-corrected chi connectivity index (χ0v) is 11.1. The Labute approximate surface area is 109 Å². The van der Waals surface area contributed by atoms with Crippen LogP contribution in [0.4, 0.5) is 0 Å². The summed E-state index contributed by atoms with van der Waals surface area (Å²) in [5.74, 6) is 0.704. The molecule has 0 amide bonds. The molecule has 0 bridgehead atoms. The van der Waals surface area contributed by atoms with Gasteiger partial charge in [0, 0.05) is 12.2 Å². The number of hydrogen-bond acceptors (Lipinski definition) is 4. The van der Waals surface area contributed by atoms with Crippen molar-refractivity contribution in [1.82, 2.24) is 0 Å². The Kier molecular flexibility index (Phi) is 6.79. The van der Waals surface area contributed by atoms with Gasteiger partial charge in [-0.2, -0.15) is 0 Å². The van der Waals surface area contributed by atoms with Crippen LogP contribution >= 0.6 is 0 Å². The SMILES string of the molecule is CCCCCOCc1cc(B(O)O)ccc1OC. The molecule has 0 aliphatic carbocycles. The maximum Gasteiger partial charge on any atom is 0.488 e. The van der Waals surface area contributed by atoms with Gasteiger partial charge in [0.05, 0.1) is 13.7 Å². The molecule has 18 heavy (non-hydrogen) atoms. The first kappa shape index (κ1) is 15.0. The maximum atomic E-state index is 9.13. The van der Waals surface area contributed by atoms with E-state index >= 15 is 0 Å². The van der Waals surface area contributed by atoms with Crippen LogP contribution in [0.1, 0.15) is 31.7 Å². The molecule has 0 fully saturated rings. The summed E-state index contributed by atoms with van der Waals surface area (Å²) in [6.07, 6.45) is 3.37. The van der Waals surface area contributed by atoms with E-state index in [1.54, 1.807) is 25.3 Å². The van der Waals surface area contributed by atoms with E-state index in [2.05, 4.69) is 6.92 Å². The second kappa shape index (κ2) is 8.13. The van der Waals surface area contributed by atoms with Crippen molar-refractivity contribution in [2.45, 2.75) is 32.8 Å². The third-order valence-corrected chi connectivity index (χ3v) is 2.75.